The highest BCUT2D eigenvalue weighted by atomic mass is 31.2. The van der Waals surface area contributed by atoms with Gasteiger partial charge in [-0.3, -0.25) is 13.9 Å². The third-order valence-corrected chi connectivity index (χ3v) is 6.73. The molecule has 3 rings (SSSR count). The molecular weight excluding hydrogens is 485 g/mol. The van der Waals surface area contributed by atoms with Gasteiger partial charge >= 0.3 is 13.6 Å². The highest BCUT2D eigenvalue weighted by molar-refractivity contribution is 7.54. The lowest BCUT2D eigenvalue weighted by Crippen LogP contribution is -2.45. The maximum atomic E-state index is 12.8. The van der Waals surface area contributed by atoms with E-state index in [9.17, 15) is 19.6 Å². The number of rotatable bonds is 10. The summed E-state index contributed by atoms with van der Waals surface area (Å²) in [5, 5.41) is 24.3. The number of aliphatic hydroxyl groups excluding tert-OH is 1. The number of carbonyl (C=O) groups is 1. The van der Waals surface area contributed by atoms with Crippen molar-refractivity contribution in [1.82, 2.24) is 24.6 Å². The summed E-state index contributed by atoms with van der Waals surface area (Å²) in [7, 11) is -2.64. The molecule has 1 fully saturated rings. The summed E-state index contributed by atoms with van der Waals surface area (Å²) in [5.74, 6) is -0.888. The first-order valence-corrected chi connectivity index (χ1v) is 12.6. The molecule has 35 heavy (non-hydrogen) atoms. The maximum absolute atomic E-state index is 12.8. The van der Waals surface area contributed by atoms with Crippen molar-refractivity contribution in [1.29, 1.82) is 0 Å². The molecule has 1 aliphatic heterocycles. The van der Waals surface area contributed by atoms with E-state index in [4.69, 9.17) is 30.0 Å². The summed E-state index contributed by atoms with van der Waals surface area (Å²) < 4.78 is 35.5. The molecule has 0 saturated carbocycles. The number of nitrogens with two attached hydrogens (primary N) is 2. The fraction of sp³-hybridized carbons (Fsp3) is 0.684. The van der Waals surface area contributed by atoms with Gasteiger partial charge in [-0.2, -0.15) is 9.97 Å². The van der Waals surface area contributed by atoms with Crippen LogP contribution in [0.5, 0.6) is 5.88 Å². The third kappa shape index (κ3) is 5.56. The Morgan fingerprint density at radius 2 is 2.11 bits per heavy atom. The number of aromatic nitrogens is 4. The summed E-state index contributed by atoms with van der Waals surface area (Å²) in [5.41, 5.74) is 10.2. The van der Waals surface area contributed by atoms with E-state index in [1.54, 1.807) is 20.8 Å². The molecule has 1 saturated heterocycles. The Morgan fingerprint density at radius 1 is 1.43 bits per heavy atom. The van der Waals surface area contributed by atoms with E-state index in [2.05, 4.69) is 20.0 Å². The normalized spacial score (nSPS) is 27.2. The molecule has 0 aromatic carbocycles. The van der Waals surface area contributed by atoms with Gasteiger partial charge in [-0.25, -0.2) is 15.6 Å². The number of ether oxygens (including phenoxy) is 3. The van der Waals surface area contributed by atoms with Crippen molar-refractivity contribution in [3.8, 4) is 5.88 Å². The van der Waals surface area contributed by atoms with E-state index in [1.165, 1.54) is 24.9 Å². The van der Waals surface area contributed by atoms with Gasteiger partial charge in [-0.1, -0.05) is 13.8 Å². The molecular formula is C19H32N7O8P. The van der Waals surface area contributed by atoms with Gasteiger partial charge < -0.3 is 34.7 Å². The average Bonchev–Trinajstić information content (AvgIpc) is 3.28. The summed E-state index contributed by atoms with van der Waals surface area (Å²) in [6, 6.07) is -0.978. The molecule has 6 atom stereocenters. The van der Waals surface area contributed by atoms with Gasteiger partial charge in [0.1, 0.15) is 23.9 Å². The van der Waals surface area contributed by atoms with Crippen LogP contribution < -0.4 is 21.1 Å². The molecule has 3 heterocycles. The number of nitrogens with one attached hydrogen (secondary N) is 1. The van der Waals surface area contributed by atoms with Crippen LogP contribution >= 0.6 is 7.67 Å². The van der Waals surface area contributed by atoms with E-state index in [-0.39, 0.29) is 35.5 Å². The number of esters is 1. The van der Waals surface area contributed by atoms with Crippen LogP contribution in [0.1, 0.15) is 33.9 Å². The monoisotopic (exact) mass is 517 g/mol. The van der Waals surface area contributed by atoms with Gasteiger partial charge in [0.2, 0.25) is 11.8 Å². The Hall–Kier alpha value is -2.39. The lowest BCUT2D eigenvalue weighted by Gasteiger charge is -2.27. The van der Waals surface area contributed by atoms with Crippen LogP contribution in [0.15, 0.2) is 6.33 Å². The topological polar surface area (TPSA) is 219 Å². The molecule has 2 aromatic rings. The van der Waals surface area contributed by atoms with Gasteiger partial charge in [-0.05, 0) is 19.8 Å². The van der Waals surface area contributed by atoms with Crippen molar-refractivity contribution in [3.05, 3.63) is 6.33 Å². The summed E-state index contributed by atoms with van der Waals surface area (Å²) in [4.78, 5) is 24.4. The predicted octanol–water partition coefficient (Wildman–Crippen LogP) is -0.313. The number of nitrogens with zero attached hydrogens (tertiary/aromatic N) is 4. The van der Waals surface area contributed by atoms with Gasteiger partial charge in [-0.15, -0.1) is 0 Å². The Balaban J connectivity index is 1.78. The number of hydrogen-bond acceptors (Lipinski definition) is 12. The zero-order chi connectivity index (χ0) is 26.1. The number of fused-ring (bicyclic) bond motifs is 1. The molecule has 16 heteroatoms. The zero-order valence-electron chi connectivity index (χ0n) is 20.1. The number of anilines is 1. The number of imidazole rings is 1. The Kier molecular flexibility index (Phi) is 8.01. The summed E-state index contributed by atoms with van der Waals surface area (Å²) >= 11 is 0. The van der Waals surface area contributed by atoms with Crippen LogP contribution in [-0.4, -0.2) is 79.9 Å². The van der Waals surface area contributed by atoms with E-state index < -0.39 is 50.3 Å². The minimum Gasteiger partial charge on any atom is -0.479 e. The molecule has 2 aromatic heterocycles. The fourth-order valence-corrected chi connectivity index (χ4v) is 4.95. The second kappa shape index (κ2) is 10.3. The molecule has 3 unspecified atom stereocenters. The quantitative estimate of drug-likeness (QED) is 0.202. The van der Waals surface area contributed by atoms with Crippen LogP contribution in [0.25, 0.3) is 11.2 Å². The molecule has 196 valence electrons. The van der Waals surface area contributed by atoms with Gasteiger partial charge in [0.15, 0.2) is 17.4 Å². The number of hydrogen-bond donors (Lipinski definition) is 5. The van der Waals surface area contributed by atoms with Crippen LogP contribution in [0.2, 0.25) is 0 Å². The molecule has 0 amide bonds. The van der Waals surface area contributed by atoms with E-state index in [0.717, 1.165) is 0 Å². The first kappa shape index (κ1) is 27.2. The second-order valence-corrected chi connectivity index (χ2v) is 10.3. The van der Waals surface area contributed by atoms with Crippen LogP contribution in [0, 0.1) is 5.92 Å². The first-order chi connectivity index (χ1) is 16.3. The van der Waals surface area contributed by atoms with Crippen molar-refractivity contribution in [3.63, 3.8) is 0 Å². The highest BCUT2D eigenvalue weighted by Gasteiger charge is 2.54. The molecule has 7 N–H and O–H groups in total. The number of aliphatic hydroxyl groups is 2. The third-order valence-electron chi connectivity index (χ3n) is 5.56. The van der Waals surface area contributed by atoms with Gasteiger partial charge in [0.25, 0.3) is 0 Å². The van der Waals surface area contributed by atoms with Crippen LogP contribution in [0.3, 0.4) is 0 Å². The largest absolute Gasteiger partial charge is 0.479 e. The fourth-order valence-electron chi connectivity index (χ4n) is 3.72. The van der Waals surface area contributed by atoms with Crippen LogP contribution in [0.4, 0.5) is 5.95 Å². The predicted molar refractivity (Wildman–Crippen MR) is 123 cm³/mol. The van der Waals surface area contributed by atoms with E-state index in [0.29, 0.717) is 0 Å². The van der Waals surface area contributed by atoms with E-state index in [1.807, 2.05) is 0 Å². The standard InChI is InChI=1S/C19H32N7O8P/c1-6-32-16(28)11(9(2)3)25-35(21,30)33-7-10-13(27)19(4,29)17(34-10)26-8-22-12-14(26)23-18(20)24-15(12)31-5/h8-11,13,17,27,29H,6-7H2,1-5H3,(H2,20,23,24)(H3,21,25,30)/t10-,11-,13?,17-,19?,35?/m1/s1. The van der Waals surface area contributed by atoms with Crippen LogP contribution in [-0.2, 0) is 23.4 Å². The minimum atomic E-state index is -4.03. The molecule has 0 bridgehead atoms. The minimum absolute atomic E-state index is 0.0920. The van der Waals surface area contributed by atoms with Gasteiger partial charge in [0.05, 0.1) is 26.7 Å². The first-order valence-electron chi connectivity index (χ1n) is 10.9. The van der Waals surface area contributed by atoms with Gasteiger partial charge in [0, 0.05) is 0 Å². The highest BCUT2D eigenvalue weighted by Crippen LogP contribution is 2.42. The van der Waals surface area contributed by atoms with Crippen molar-refractivity contribution >= 4 is 30.8 Å². The smallest absolute Gasteiger partial charge is 0.338 e. The number of carbonyl (C=O) groups excluding carboxylic acids is 1. The molecule has 1 aliphatic rings. The maximum Gasteiger partial charge on any atom is 0.338 e. The number of nitrogen functional groups attached to an aromatic ring is 1. The molecule has 15 nitrogen and oxygen atoms in total. The molecule has 0 radical (unpaired) electrons. The van der Waals surface area contributed by atoms with Crippen molar-refractivity contribution in [2.24, 2.45) is 11.4 Å². The second-order valence-electron chi connectivity index (χ2n) is 8.61. The molecule has 0 aliphatic carbocycles. The lowest BCUT2D eigenvalue weighted by atomic mass is 9.96. The Morgan fingerprint density at radius 3 is 2.71 bits per heavy atom. The van der Waals surface area contributed by atoms with Crippen molar-refractivity contribution < 1.29 is 38.3 Å². The van der Waals surface area contributed by atoms with Crippen molar-refractivity contribution in [2.75, 3.05) is 26.1 Å². The molecule has 0 spiro atoms. The Labute approximate surface area is 201 Å². The number of methoxy groups -OCH3 is 1. The zero-order valence-corrected chi connectivity index (χ0v) is 21.0. The lowest BCUT2D eigenvalue weighted by molar-refractivity contribution is -0.146. The average molecular weight is 517 g/mol. The SMILES string of the molecule is CCOC(=O)[C@H](NP(N)(=O)OC[C@H]1O[C@@H](n2cnc3c(OC)nc(N)nc32)C(C)(O)C1O)C(C)C. The summed E-state index contributed by atoms with van der Waals surface area (Å²) in [6.45, 7) is 6.13. The van der Waals surface area contributed by atoms with Crippen molar-refractivity contribution in [2.45, 2.75) is 57.8 Å². The van der Waals surface area contributed by atoms with E-state index >= 15 is 0 Å². The summed E-state index contributed by atoms with van der Waals surface area (Å²) in [6.07, 6.45) is -2.47. The Bertz CT molecular complexity index is 1110.